The summed E-state index contributed by atoms with van der Waals surface area (Å²) in [6.07, 6.45) is 0. The molecule has 0 atom stereocenters. The van der Waals surface area contributed by atoms with Crippen LogP contribution in [-0.2, 0) is 19.1 Å². The van der Waals surface area contributed by atoms with Gasteiger partial charge in [0.05, 0.1) is 12.8 Å². The third-order valence-corrected chi connectivity index (χ3v) is 2.21. The lowest BCUT2D eigenvalue weighted by molar-refractivity contribution is -0.152. The number of methoxy groups -OCH3 is 1. The summed E-state index contributed by atoms with van der Waals surface area (Å²) in [5.74, 6) is -2.72. The van der Waals surface area contributed by atoms with Gasteiger partial charge in [-0.2, -0.15) is 0 Å². The van der Waals surface area contributed by atoms with Crippen LogP contribution in [-0.4, -0.2) is 24.9 Å². The molecule has 0 fully saturated rings. The highest BCUT2D eigenvalue weighted by molar-refractivity contribution is 6.43. The second-order valence-corrected chi connectivity index (χ2v) is 3.56. The Kier molecular flexibility index (Phi) is 4.23. The molecule has 0 spiro atoms. The fourth-order valence-corrected chi connectivity index (χ4v) is 1.34. The number of halogens is 1. The number of nitrogens with zero attached hydrogens (tertiary/aromatic N) is 1. The van der Waals surface area contributed by atoms with Gasteiger partial charge in [-0.15, -0.1) is 0 Å². The van der Waals surface area contributed by atoms with Crippen LogP contribution in [0, 0.1) is 0 Å². The van der Waals surface area contributed by atoms with E-state index in [4.69, 9.17) is 11.6 Å². The minimum atomic E-state index is -1.10. The highest BCUT2D eigenvalue weighted by Gasteiger charge is 2.27. The van der Waals surface area contributed by atoms with E-state index in [1.54, 1.807) is 0 Å². The third kappa shape index (κ3) is 3.04. The van der Waals surface area contributed by atoms with Crippen molar-refractivity contribution < 1.29 is 19.1 Å². The Morgan fingerprint density at radius 2 is 1.71 bits per heavy atom. The highest BCUT2D eigenvalue weighted by Crippen LogP contribution is 2.18. The van der Waals surface area contributed by atoms with Crippen LogP contribution < -0.4 is 4.90 Å². The van der Waals surface area contributed by atoms with Gasteiger partial charge in [0.2, 0.25) is 5.91 Å². The molecule has 5 nitrogen and oxygen atoms in total. The second-order valence-electron chi connectivity index (χ2n) is 3.13. The van der Waals surface area contributed by atoms with Crippen LogP contribution in [0.25, 0.3) is 0 Å². The summed E-state index contributed by atoms with van der Waals surface area (Å²) in [4.78, 5) is 34.8. The molecule has 0 aromatic heterocycles. The van der Waals surface area contributed by atoms with Crippen LogP contribution in [0.2, 0.25) is 5.02 Å². The summed E-state index contributed by atoms with van der Waals surface area (Å²) in [5.41, 5.74) is 0.261. The third-order valence-electron chi connectivity index (χ3n) is 1.96. The molecule has 0 aliphatic carbocycles. The second kappa shape index (κ2) is 5.45. The maximum absolute atomic E-state index is 11.6. The number of anilines is 1. The van der Waals surface area contributed by atoms with Gasteiger partial charge in [0.1, 0.15) is 0 Å². The number of benzene rings is 1. The number of imide groups is 1. The van der Waals surface area contributed by atoms with E-state index in [0.717, 1.165) is 12.0 Å². The maximum atomic E-state index is 11.6. The number of esters is 1. The summed E-state index contributed by atoms with van der Waals surface area (Å²) < 4.78 is 4.28. The Bertz CT molecular complexity index is 455. The molecule has 17 heavy (non-hydrogen) atoms. The van der Waals surface area contributed by atoms with Gasteiger partial charge in [-0.25, -0.2) is 9.69 Å². The topological polar surface area (TPSA) is 63.7 Å². The van der Waals surface area contributed by atoms with Gasteiger partial charge in [-0.1, -0.05) is 11.6 Å². The minimum absolute atomic E-state index is 0.261. The first-order chi connectivity index (χ1) is 7.97. The summed E-state index contributed by atoms with van der Waals surface area (Å²) >= 11 is 5.69. The lowest BCUT2D eigenvalue weighted by atomic mass is 10.2. The number of hydrogen-bond acceptors (Lipinski definition) is 4. The Hall–Kier alpha value is -1.88. The van der Waals surface area contributed by atoms with Crippen LogP contribution in [0.15, 0.2) is 24.3 Å². The zero-order valence-electron chi connectivity index (χ0n) is 9.27. The molecule has 1 aromatic rings. The normalized spacial score (nSPS) is 9.59. The first-order valence-electron chi connectivity index (χ1n) is 4.66. The van der Waals surface area contributed by atoms with E-state index < -0.39 is 17.8 Å². The summed E-state index contributed by atoms with van der Waals surface area (Å²) in [7, 11) is 1.07. The van der Waals surface area contributed by atoms with Crippen molar-refractivity contribution >= 4 is 35.1 Å². The molecular weight excluding hydrogens is 246 g/mol. The molecule has 0 heterocycles. The van der Waals surface area contributed by atoms with Crippen LogP contribution in [0.3, 0.4) is 0 Å². The average molecular weight is 256 g/mol. The van der Waals surface area contributed by atoms with Gasteiger partial charge in [-0.05, 0) is 24.3 Å². The van der Waals surface area contributed by atoms with Crippen LogP contribution in [0.1, 0.15) is 6.92 Å². The van der Waals surface area contributed by atoms with Crippen LogP contribution in [0.5, 0.6) is 0 Å². The summed E-state index contributed by atoms with van der Waals surface area (Å²) in [6, 6.07) is 5.95. The smallest absolute Gasteiger partial charge is 0.397 e. The van der Waals surface area contributed by atoms with E-state index in [2.05, 4.69) is 4.74 Å². The molecule has 0 bridgehead atoms. The van der Waals surface area contributed by atoms with Gasteiger partial charge >= 0.3 is 11.9 Å². The van der Waals surface area contributed by atoms with Crippen molar-refractivity contribution in [2.24, 2.45) is 0 Å². The fraction of sp³-hybridized carbons (Fsp3) is 0.182. The Morgan fingerprint density at radius 1 is 1.18 bits per heavy atom. The van der Waals surface area contributed by atoms with E-state index in [0.29, 0.717) is 5.02 Å². The Balaban J connectivity index is 3.10. The predicted octanol–water partition coefficient (Wildman–Crippen LogP) is 1.39. The average Bonchev–Trinajstić information content (AvgIpc) is 2.30. The molecule has 0 saturated carbocycles. The molecule has 0 aliphatic rings. The van der Waals surface area contributed by atoms with Crippen molar-refractivity contribution in [3.8, 4) is 0 Å². The number of amides is 2. The number of ether oxygens (including phenoxy) is 1. The zero-order valence-corrected chi connectivity index (χ0v) is 10.0. The molecular formula is C11H10ClNO4. The predicted molar refractivity (Wildman–Crippen MR) is 61.6 cm³/mol. The maximum Gasteiger partial charge on any atom is 0.397 e. The lowest BCUT2D eigenvalue weighted by Gasteiger charge is -2.17. The van der Waals surface area contributed by atoms with Gasteiger partial charge in [0, 0.05) is 11.9 Å². The Labute approximate surface area is 103 Å². The van der Waals surface area contributed by atoms with Crippen molar-refractivity contribution in [3.63, 3.8) is 0 Å². The van der Waals surface area contributed by atoms with Gasteiger partial charge in [0.25, 0.3) is 0 Å². The van der Waals surface area contributed by atoms with Crippen LogP contribution >= 0.6 is 11.6 Å². The lowest BCUT2D eigenvalue weighted by Crippen LogP contribution is -2.40. The molecule has 0 N–H and O–H groups in total. The standard InChI is InChI=1S/C11H10ClNO4/c1-7(14)13(10(15)11(16)17-2)9-5-3-8(12)4-6-9/h3-6H,1-2H3. The number of rotatable bonds is 1. The van der Waals surface area contributed by atoms with Crippen molar-refractivity contribution in [3.05, 3.63) is 29.3 Å². The summed E-state index contributed by atoms with van der Waals surface area (Å²) in [6.45, 7) is 1.18. The SMILES string of the molecule is COC(=O)C(=O)N(C(C)=O)c1ccc(Cl)cc1. The van der Waals surface area contributed by atoms with Gasteiger partial charge in [-0.3, -0.25) is 9.59 Å². The molecule has 1 aromatic carbocycles. The van der Waals surface area contributed by atoms with E-state index >= 15 is 0 Å². The first kappa shape index (κ1) is 13.2. The molecule has 90 valence electrons. The van der Waals surface area contributed by atoms with Crippen molar-refractivity contribution in [1.82, 2.24) is 0 Å². The van der Waals surface area contributed by atoms with Crippen molar-refractivity contribution in [2.45, 2.75) is 6.92 Å². The quantitative estimate of drug-likeness (QED) is 0.562. The number of hydrogen-bond donors (Lipinski definition) is 0. The summed E-state index contributed by atoms with van der Waals surface area (Å²) in [5, 5.41) is 0.461. The molecule has 0 unspecified atom stereocenters. The van der Waals surface area contributed by atoms with Crippen molar-refractivity contribution in [2.75, 3.05) is 12.0 Å². The molecule has 0 aliphatic heterocycles. The number of carbonyl (C=O) groups is 3. The fourth-order valence-electron chi connectivity index (χ4n) is 1.21. The zero-order chi connectivity index (χ0) is 13.0. The largest absolute Gasteiger partial charge is 0.462 e. The molecule has 0 radical (unpaired) electrons. The van der Waals surface area contributed by atoms with E-state index in [1.807, 2.05) is 0 Å². The Morgan fingerprint density at radius 3 is 2.12 bits per heavy atom. The monoisotopic (exact) mass is 255 g/mol. The van der Waals surface area contributed by atoms with E-state index in [9.17, 15) is 14.4 Å². The van der Waals surface area contributed by atoms with Crippen LogP contribution in [0.4, 0.5) is 5.69 Å². The first-order valence-corrected chi connectivity index (χ1v) is 5.03. The van der Waals surface area contributed by atoms with Gasteiger partial charge < -0.3 is 4.74 Å². The van der Waals surface area contributed by atoms with E-state index in [-0.39, 0.29) is 5.69 Å². The minimum Gasteiger partial charge on any atom is -0.462 e. The molecule has 6 heteroatoms. The molecule has 0 saturated heterocycles. The van der Waals surface area contributed by atoms with Crippen molar-refractivity contribution in [1.29, 1.82) is 0 Å². The van der Waals surface area contributed by atoms with Gasteiger partial charge in [0.15, 0.2) is 0 Å². The number of carbonyl (C=O) groups excluding carboxylic acids is 3. The molecule has 2 amide bonds. The molecule has 1 rings (SSSR count). The van der Waals surface area contributed by atoms with E-state index in [1.165, 1.54) is 31.2 Å². The highest BCUT2D eigenvalue weighted by atomic mass is 35.5.